The first kappa shape index (κ1) is 24.7. The lowest BCUT2D eigenvalue weighted by atomic mass is 9.86. The highest BCUT2D eigenvalue weighted by Crippen LogP contribution is 2.41. The molecule has 0 saturated heterocycles. The van der Waals surface area contributed by atoms with Crippen LogP contribution in [0.2, 0.25) is 0 Å². The van der Waals surface area contributed by atoms with E-state index in [0.29, 0.717) is 5.92 Å². The number of anilines is 3. The van der Waals surface area contributed by atoms with Gasteiger partial charge in [-0.15, -0.1) is 0 Å². The Bertz CT molecular complexity index is 1440. The second-order valence-corrected chi connectivity index (χ2v) is 9.54. The maximum absolute atomic E-state index is 5.42. The zero-order valence-corrected chi connectivity index (χ0v) is 22.2. The maximum atomic E-state index is 5.42. The fraction of sp³-hybridized carbons (Fsp3) is 0.235. The van der Waals surface area contributed by atoms with Crippen molar-refractivity contribution in [3.8, 4) is 11.5 Å². The van der Waals surface area contributed by atoms with Gasteiger partial charge in [0.15, 0.2) is 0 Å². The Labute approximate surface area is 220 Å². The van der Waals surface area contributed by atoms with Crippen LogP contribution < -0.4 is 14.4 Å². The van der Waals surface area contributed by atoms with Crippen LogP contribution in [0.1, 0.15) is 44.6 Å². The fourth-order valence-electron chi connectivity index (χ4n) is 5.44. The number of ether oxygens (including phenoxy) is 2. The summed E-state index contributed by atoms with van der Waals surface area (Å²) in [4.78, 5) is 2.29. The Kier molecular flexibility index (Phi) is 7.32. The quantitative estimate of drug-likeness (QED) is 0.192. The molecule has 3 nitrogen and oxygen atoms in total. The predicted octanol–water partition coefficient (Wildman–Crippen LogP) is 9.77. The molecular formula is C34H35NO2. The number of methoxy groups -OCH3 is 2. The molecule has 0 fully saturated rings. The second-order valence-electron chi connectivity index (χ2n) is 9.54. The number of nitrogens with zero attached hydrogens (tertiary/aromatic N) is 1. The number of fused-ring (bicyclic) bond motifs is 3. The van der Waals surface area contributed by atoms with Crippen LogP contribution in [0.15, 0.2) is 97.1 Å². The van der Waals surface area contributed by atoms with Gasteiger partial charge in [0.05, 0.1) is 14.2 Å². The van der Waals surface area contributed by atoms with Crippen molar-refractivity contribution in [2.75, 3.05) is 19.1 Å². The lowest BCUT2D eigenvalue weighted by Crippen LogP contribution is -2.10. The van der Waals surface area contributed by atoms with Crippen molar-refractivity contribution >= 4 is 38.6 Å². The third-order valence-electron chi connectivity index (χ3n) is 7.36. The summed E-state index contributed by atoms with van der Waals surface area (Å²) in [5.41, 5.74) is 4.73. The first-order valence-electron chi connectivity index (χ1n) is 13.2. The first-order valence-corrected chi connectivity index (χ1v) is 13.2. The van der Waals surface area contributed by atoms with Crippen molar-refractivity contribution in [2.45, 2.75) is 39.0 Å². The molecule has 1 atom stereocenters. The van der Waals surface area contributed by atoms with E-state index in [1.165, 1.54) is 39.9 Å². The highest BCUT2D eigenvalue weighted by atomic mass is 16.5. The molecule has 0 spiro atoms. The summed E-state index contributed by atoms with van der Waals surface area (Å²) in [7, 11) is 3.40. The van der Waals surface area contributed by atoms with Crippen LogP contribution in [0.25, 0.3) is 21.5 Å². The van der Waals surface area contributed by atoms with Crippen LogP contribution in [0.5, 0.6) is 11.5 Å². The van der Waals surface area contributed by atoms with Crippen LogP contribution in [0.3, 0.4) is 0 Å². The molecule has 0 aliphatic rings. The number of rotatable bonds is 9. The average Bonchev–Trinajstić information content (AvgIpc) is 2.96. The van der Waals surface area contributed by atoms with Gasteiger partial charge in [0.1, 0.15) is 11.5 Å². The highest BCUT2D eigenvalue weighted by Gasteiger charge is 2.17. The van der Waals surface area contributed by atoms with Crippen LogP contribution in [0, 0.1) is 0 Å². The number of benzene rings is 5. The van der Waals surface area contributed by atoms with Gasteiger partial charge in [0, 0.05) is 17.1 Å². The Morgan fingerprint density at radius 2 is 1.19 bits per heavy atom. The van der Waals surface area contributed by atoms with Crippen molar-refractivity contribution in [1.82, 2.24) is 0 Å². The van der Waals surface area contributed by atoms with Gasteiger partial charge in [0.2, 0.25) is 0 Å². The summed E-state index contributed by atoms with van der Waals surface area (Å²) in [5.74, 6) is 2.24. The summed E-state index contributed by atoms with van der Waals surface area (Å²) in [5, 5.41) is 5.27. The zero-order valence-electron chi connectivity index (χ0n) is 22.2. The SMILES string of the molecule is CCCC(CC)c1cc2cc(N(c3ccc(OC)cc3)c3ccc(OC)cc3)ccc2c2ccccc12. The molecule has 1 unspecified atom stereocenters. The summed E-state index contributed by atoms with van der Waals surface area (Å²) < 4.78 is 10.8. The molecule has 0 heterocycles. The Hall–Kier alpha value is -3.98. The van der Waals surface area contributed by atoms with Gasteiger partial charge >= 0.3 is 0 Å². The summed E-state index contributed by atoms with van der Waals surface area (Å²) >= 11 is 0. The van der Waals surface area contributed by atoms with E-state index < -0.39 is 0 Å². The Balaban J connectivity index is 1.71. The van der Waals surface area contributed by atoms with E-state index in [1.54, 1.807) is 14.2 Å². The standard InChI is InChI=1S/C34H35NO2/c1-5-9-24(6-2)34-23-25-22-28(16-21-31(25)32-10-7-8-11-33(32)34)35(26-12-17-29(36-3)18-13-26)27-14-19-30(37-4)20-15-27/h7-8,10-24H,5-6,9H2,1-4H3. The molecular weight excluding hydrogens is 454 g/mol. The highest BCUT2D eigenvalue weighted by molar-refractivity contribution is 6.10. The molecule has 0 aliphatic heterocycles. The summed E-state index contributed by atoms with van der Waals surface area (Å²) in [6.45, 7) is 4.59. The van der Waals surface area contributed by atoms with Crippen molar-refractivity contribution < 1.29 is 9.47 Å². The summed E-state index contributed by atoms with van der Waals surface area (Å²) in [6.07, 6.45) is 3.54. The molecule has 0 saturated carbocycles. The monoisotopic (exact) mass is 489 g/mol. The Morgan fingerprint density at radius 3 is 1.73 bits per heavy atom. The van der Waals surface area contributed by atoms with Gasteiger partial charge in [-0.05, 0) is 107 Å². The molecule has 5 rings (SSSR count). The Morgan fingerprint density at radius 1 is 0.622 bits per heavy atom. The minimum Gasteiger partial charge on any atom is -0.497 e. The van der Waals surface area contributed by atoms with E-state index in [-0.39, 0.29) is 0 Å². The van der Waals surface area contributed by atoms with Crippen molar-refractivity contribution in [3.05, 3.63) is 103 Å². The number of hydrogen-bond acceptors (Lipinski definition) is 3. The van der Waals surface area contributed by atoms with Crippen LogP contribution in [-0.2, 0) is 0 Å². The third-order valence-corrected chi connectivity index (χ3v) is 7.36. The van der Waals surface area contributed by atoms with E-state index in [2.05, 4.69) is 91.5 Å². The molecule has 0 bridgehead atoms. The normalized spacial score (nSPS) is 12.0. The van der Waals surface area contributed by atoms with E-state index >= 15 is 0 Å². The first-order chi connectivity index (χ1) is 18.2. The molecule has 37 heavy (non-hydrogen) atoms. The largest absolute Gasteiger partial charge is 0.497 e. The molecule has 5 aromatic rings. The predicted molar refractivity (Wildman–Crippen MR) is 157 cm³/mol. The molecule has 5 aromatic carbocycles. The minimum atomic E-state index is 0.558. The van der Waals surface area contributed by atoms with Crippen LogP contribution in [-0.4, -0.2) is 14.2 Å². The topological polar surface area (TPSA) is 21.7 Å². The fourth-order valence-corrected chi connectivity index (χ4v) is 5.44. The summed E-state index contributed by atoms with van der Waals surface area (Å²) in [6, 6.07) is 34.6. The molecule has 188 valence electrons. The molecule has 0 aromatic heterocycles. The van der Waals surface area contributed by atoms with E-state index in [4.69, 9.17) is 9.47 Å². The van der Waals surface area contributed by atoms with Crippen LogP contribution >= 0.6 is 0 Å². The smallest absolute Gasteiger partial charge is 0.119 e. The van der Waals surface area contributed by atoms with Gasteiger partial charge < -0.3 is 14.4 Å². The van der Waals surface area contributed by atoms with Crippen molar-refractivity contribution in [2.24, 2.45) is 0 Å². The molecule has 0 aliphatic carbocycles. The molecule has 0 radical (unpaired) electrons. The lowest BCUT2D eigenvalue weighted by Gasteiger charge is -2.26. The van der Waals surface area contributed by atoms with Gasteiger partial charge in [-0.3, -0.25) is 0 Å². The average molecular weight is 490 g/mol. The molecule has 0 amide bonds. The lowest BCUT2D eigenvalue weighted by molar-refractivity contribution is 0.415. The minimum absolute atomic E-state index is 0.558. The van der Waals surface area contributed by atoms with E-state index in [0.717, 1.165) is 35.0 Å². The third kappa shape index (κ3) is 4.86. The van der Waals surface area contributed by atoms with Gasteiger partial charge in [-0.2, -0.15) is 0 Å². The molecule has 3 heteroatoms. The van der Waals surface area contributed by atoms with Crippen molar-refractivity contribution in [3.63, 3.8) is 0 Å². The maximum Gasteiger partial charge on any atom is 0.119 e. The van der Waals surface area contributed by atoms with E-state index in [9.17, 15) is 0 Å². The van der Waals surface area contributed by atoms with Gasteiger partial charge in [-0.25, -0.2) is 0 Å². The van der Waals surface area contributed by atoms with E-state index in [1.807, 2.05) is 24.3 Å². The van der Waals surface area contributed by atoms with Crippen LogP contribution in [0.4, 0.5) is 17.1 Å². The molecule has 0 N–H and O–H groups in total. The van der Waals surface area contributed by atoms with Gasteiger partial charge in [-0.1, -0.05) is 56.7 Å². The second kappa shape index (κ2) is 11.0. The van der Waals surface area contributed by atoms with Gasteiger partial charge in [0.25, 0.3) is 0 Å². The number of hydrogen-bond donors (Lipinski definition) is 0. The van der Waals surface area contributed by atoms with Crippen molar-refractivity contribution in [1.29, 1.82) is 0 Å². The zero-order chi connectivity index (χ0) is 25.8.